The molecule has 0 saturated carbocycles. The largest absolute Gasteiger partial charge is 0.490 e. The molecule has 0 radical (unpaired) electrons. The lowest BCUT2D eigenvalue weighted by atomic mass is 10.1. The number of carbonyl (C=O) groups excluding carboxylic acids is 1. The minimum absolute atomic E-state index is 0.103. The Morgan fingerprint density at radius 2 is 1.74 bits per heavy atom. The minimum Gasteiger partial charge on any atom is -0.490 e. The highest BCUT2D eigenvalue weighted by atomic mass is 16.5. The van der Waals surface area contributed by atoms with Gasteiger partial charge < -0.3 is 14.2 Å². The lowest BCUT2D eigenvalue weighted by Crippen LogP contribution is -2.25. The zero-order valence-corrected chi connectivity index (χ0v) is 16.2. The summed E-state index contributed by atoms with van der Waals surface area (Å²) >= 11 is 0. The third kappa shape index (κ3) is 6.33. The lowest BCUT2D eigenvalue weighted by Gasteiger charge is -2.12. The molecule has 2 rings (SSSR count). The first-order valence-electron chi connectivity index (χ1n) is 8.96. The van der Waals surface area contributed by atoms with Gasteiger partial charge in [-0.3, -0.25) is 4.79 Å². The van der Waals surface area contributed by atoms with Crippen LogP contribution in [0.4, 0.5) is 0 Å². The molecule has 0 fully saturated rings. The Hall–Kier alpha value is -3.02. The summed E-state index contributed by atoms with van der Waals surface area (Å²) in [6.07, 6.45) is 0. The van der Waals surface area contributed by atoms with Crippen molar-refractivity contribution in [3.8, 4) is 17.2 Å². The number of hydrogen-bond donors (Lipinski definition) is 1. The van der Waals surface area contributed by atoms with Crippen LogP contribution in [0.25, 0.3) is 0 Å². The van der Waals surface area contributed by atoms with Crippen LogP contribution in [-0.4, -0.2) is 31.4 Å². The number of hydrazone groups is 1. The quantitative estimate of drug-likeness (QED) is 0.540. The number of hydrogen-bond acceptors (Lipinski definition) is 5. The molecular formula is C21H26N2O4. The molecule has 1 amide bonds. The average molecular weight is 370 g/mol. The first kappa shape index (κ1) is 20.3. The van der Waals surface area contributed by atoms with Crippen LogP contribution in [0, 0.1) is 6.92 Å². The van der Waals surface area contributed by atoms with Crippen molar-refractivity contribution in [1.29, 1.82) is 0 Å². The Morgan fingerprint density at radius 1 is 1.00 bits per heavy atom. The summed E-state index contributed by atoms with van der Waals surface area (Å²) in [6.45, 7) is 8.60. The molecule has 0 aliphatic rings. The number of nitrogens with one attached hydrogen (secondary N) is 1. The Morgan fingerprint density at radius 3 is 2.44 bits per heavy atom. The molecule has 0 aliphatic heterocycles. The van der Waals surface area contributed by atoms with E-state index in [1.165, 1.54) is 0 Å². The summed E-state index contributed by atoms with van der Waals surface area (Å²) in [6, 6.07) is 13.1. The molecule has 0 aromatic heterocycles. The van der Waals surface area contributed by atoms with Crippen LogP contribution in [0.2, 0.25) is 0 Å². The Balaban J connectivity index is 1.97. The number of amides is 1. The van der Waals surface area contributed by atoms with Crippen LogP contribution in [0.1, 0.15) is 31.9 Å². The molecule has 2 aromatic rings. The van der Waals surface area contributed by atoms with Crippen LogP contribution in [0.5, 0.6) is 17.2 Å². The molecular weight excluding hydrogens is 344 g/mol. The van der Waals surface area contributed by atoms with E-state index < -0.39 is 0 Å². The molecule has 144 valence electrons. The van der Waals surface area contributed by atoms with E-state index in [0.29, 0.717) is 36.2 Å². The molecule has 0 saturated heterocycles. The van der Waals surface area contributed by atoms with Crippen molar-refractivity contribution in [2.45, 2.75) is 27.7 Å². The minimum atomic E-state index is -0.327. The molecule has 0 unspecified atom stereocenters. The molecule has 0 bridgehead atoms. The molecule has 0 atom stereocenters. The average Bonchev–Trinajstić information content (AvgIpc) is 2.66. The third-order valence-electron chi connectivity index (χ3n) is 3.67. The number of nitrogens with zero attached hydrogens (tertiary/aromatic N) is 1. The van der Waals surface area contributed by atoms with E-state index in [-0.39, 0.29) is 12.5 Å². The van der Waals surface area contributed by atoms with Gasteiger partial charge in [0.05, 0.1) is 18.9 Å². The highest BCUT2D eigenvalue weighted by Crippen LogP contribution is 2.28. The van der Waals surface area contributed by atoms with Crippen molar-refractivity contribution < 1.29 is 19.0 Å². The van der Waals surface area contributed by atoms with Crippen molar-refractivity contribution in [1.82, 2.24) is 5.43 Å². The molecule has 1 N–H and O–H groups in total. The molecule has 0 aliphatic carbocycles. The van der Waals surface area contributed by atoms with Gasteiger partial charge in [-0.25, -0.2) is 5.43 Å². The molecule has 6 nitrogen and oxygen atoms in total. The fraction of sp³-hybridized carbons (Fsp3) is 0.333. The monoisotopic (exact) mass is 370 g/mol. The van der Waals surface area contributed by atoms with Gasteiger partial charge >= 0.3 is 0 Å². The van der Waals surface area contributed by atoms with E-state index in [4.69, 9.17) is 14.2 Å². The summed E-state index contributed by atoms with van der Waals surface area (Å²) in [7, 11) is 0. The summed E-state index contributed by atoms with van der Waals surface area (Å²) in [5.74, 6) is 1.66. The summed E-state index contributed by atoms with van der Waals surface area (Å²) in [4.78, 5) is 12.0. The first-order valence-corrected chi connectivity index (χ1v) is 8.96. The van der Waals surface area contributed by atoms with E-state index >= 15 is 0 Å². The maximum absolute atomic E-state index is 12.0. The molecule has 2 aromatic carbocycles. The Labute approximate surface area is 160 Å². The van der Waals surface area contributed by atoms with Crippen LogP contribution in [0.15, 0.2) is 47.6 Å². The molecule has 27 heavy (non-hydrogen) atoms. The van der Waals surface area contributed by atoms with Gasteiger partial charge in [0.1, 0.15) is 5.75 Å². The Bertz CT molecular complexity index is 803. The van der Waals surface area contributed by atoms with Gasteiger partial charge in [-0.2, -0.15) is 5.10 Å². The van der Waals surface area contributed by atoms with E-state index in [9.17, 15) is 4.79 Å². The molecule has 0 spiro atoms. The lowest BCUT2D eigenvalue weighted by molar-refractivity contribution is -0.123. The molecule has 6 heteroatoms. The van der Waals surface area contributed by atoms with Crippen molar-refractivity contribution in [2.24, 2.45) is 5.10 Å². The van der Waals surface area contributed by atoms with Gasteiger partial charge in [-0.15, -0.1) is 0 Å². The number of rotatable bonds is 9. The smallest absolute Gasteiger partial charge is 0.277 e. The maximum Gasteiger partial charge on any atom is 0.277 e. The Kier molecular flexibility index (Phi) is 7.67. The summed E-state index contributed by atoms with van der Waals surface area (Å²) in [5, 5.41) is 4.14. The normalized spacial score (nSPS) is 11.0. The SMILES string of the molecule is CCOc1ccc(/C(C)=N\NC(=O)COc2cccc(C)c2)cc1OCC. The van der Waals surface area contributed by atoms with Gasteiger partial charge in [0.15, 0.2) is 18.1 Å². The van der Waals surface area contributed by atoms with Crippen LogP contribution >= 0.6 is 0 Å². The number of aryl methyl sites for hydroxylation is 1. The van der Waals surface area contributed by atoms with E-state index in [1.807, 2.05) is 70.2 Å². The van der Waals surface area contributed by atoms with E-state index in [1.54, 1.807) is 0 Å². The zero-order valence-electron chi connectivity index (χ0n) is 16.2. The topological polar surface area (TPSA) is 69.2 Å². The number of carbonyl (C=O) groups is 1. The molecule has 0 heterocycles. The fourth-order valence-corrected chi connectivity index (χ4v) is 2.37. The second-order valence-electron chi connectivity index (χ2n) is 5.86. The van der Waals surface area contributed by atoms with Crippen molar-refractivity contribution in [2.75, 3.05) is 19.8 Å². The number of ether oxygens (including phenoxy) is 3. The van der Waals surface area contributed by atoms with E-state index in [2.05, 4.69) is 10.5 Å². The predicted octanol–water partition coefficient (Wildman–Crippen LogP) is 3.71. The van der Waals surface area contributed by atoms with Crippen LogP contribution in [0.3, 0.4) is 0 Å². The van der Waals surface area contributed by atoms with Crippen molar-refractivity contribution in [3.63, 3.8) is 0 Å². The van der Waals surface area contributed by atoms with Crippen molar-refractivity contribution in [3.05, 3.63) is 53.6 Å². The second kappa shape index (κ2) is 10.2. The van der Waals surface area contributed by atoms with E-state index in [0.717, 1.165) is 11.1 Å². The second-order valence-corrected chi connectivity index (χ2v) is 5.86. The van der Waals surface area contributed by atoms with Gasteiger partial charge in [-0.1, -0.05) is 12.1 Å². The highest BCUT2D eigenvalue weighted by molar-refractivity contribution is 5.99. The van der Waals surface area contributed by atoms with Gasteiger partial charge in [0, 0.05) is 5.56 Å². The van der Waals surface area contributed by atoms with Crippen LogP contribution in [-0.2, 0) is 4.79 Å². The summed E-state index contributed by atoms with van der Waals surface area (Å²) in [5.41, 5.74) is 5.07. The standard InChI is InChI=1S/C21H26N2O4/c1-5-25-19-11-10-17(13-20(19)26-6-2)16(4)22-23-21(24)14-27-18-9-7-8-15(3)12-18/h7-13H,5-6,14H2,1-4H3,(H,23,24)/b22-16-. The zero-order chi connectivity index (χ0) is 19.6. The van der Waals surface area contributed by atoms with Crippen molar-refractivity contribution >= 4 is 11.6 Å². The number of benzene rings is 2. The highest BCUT2D eigenvalue weighted by Gasteiger charge is 2.09. The maximum atomic E-state index is 12.0. The predicted molar refractivity (Wildman–Crippen MR) is 106 cm³/mol. The van der Waals surface area contributed by atoms with Gasteiger partial charge in [0.25, 0.3) is 5.91 Å². The third-order valence-corrected chi connectivity index (χ3v) is 3.67. The van der Waals surface area contributed by atoms with Gasteiger partial charge in [0.2, 0.25) is 0 Å². The fourth-order valence-electron chi connectivity index (χ4n) is 2.37. The van der Waals surface area contributed by atoms with Gasteiger partial charge in [-0.05, 0) is 63.6 Å². The first-order chi connectivity index (χ1) is 13.0. The van der Waals surface area contributed by atoms with Crippen LogP contribution < -0.4 is 19.6 Å². The summed E-state index contributed by atoms with van der Waals surface area (Å²) < 4.78 is 16.6.